The molecule has 92 valence electrons. The third-order valence-corrected chi connectivity index (χ3v) is 3.37. The first-order valence-corrected chi connectivity index (χ1v) is 6.12. The Morgan fingerprint density at radius 3 is 2.41 bits per heavy atom. The lowest BCUT2D eigenvalue weighted by Gasteiger charge is -2.12. The van der Waals surface area contributed by atoms with Gasteiger partial charge in [-0.05, 0) is 30.0 Å². The molecule has 1 aliphatic rings. The summed E-state index contributed by atoms with van der Waals surface area (Å²) in [4.78, 5) is 13.7. The topological polar surface area (TPSA) is 32.3 Å². The Labute approximate surface area is 103 Å². The molecule has 1 fully saturated rings. The maximum atomic E-state index is 11.6. The lowest BCUT2D eigenvalue weighted by atomic mass is 10.2. The molecular formula is C14H20N2O. The van der Waals surface area contributed by atoms with Crippen LogP contribution >= 0.6 is 0 Å². The van der Waals surface area contributed by atoms with E-state index in [2.05, 4.69) is 41.4 Å². The van der Waals surface area contributed by atoms with Gasteiger partial charge in [0, 0.05) is 32.2 Å². The smallest absolute Gasteiger partial charge is 0.223 e. The average molecular weight is 232 g/mol. The number of anilines is 1. The van der Waals surface area contributed by atoms with Crippen LogP contribution in [-0.4, -0.2) is 20.0 Å². The van der Waals surface area contributed by atoms with Gasteiger partial charge in [-0.1, -0.05) is 19.1 Å². The van der Waals surface area contributed by atoms with Gasteiger partial charge in [-0.2, -0.15) is 0 Å². The molecule has 0 heterocycles. The Bertz CT molecular complexity index is 397. The molecule has 3 nitrogen and oxygen atoms in total. The van der Waals surface area contributed by atoms with Crippen molar-refractivity contribution in [1.29, 1.82) is 0 Å². The highest BCUT2D eigenvalue weighted by atomic mass is 16.2. The molecule has 1 aromatic carbocycles. The minimum Gasteiger partial charge on any atom is -0.378 e. The van der Waals surface area contributed by atoms with Crippen molar-refractivity contribution in [2.24, 2.45) is 11.8 Å². The summed E-state index contributed by atoms with van der Waals surface area (Å²) in [5.41, 5.74) is 2.33. The summed E-state index contributed by atoms with van der Waals surface area (Å²) in [7, 11) is 4.04. The zero-order valence-electron chi connectivity index (χ0n) is 10.7. The summed E-state index contributed by atoms with van der Waals surface area (Å²) >= 11 is 0. The van der Waals surface area contributed by atoms with E-state index < -0.39 is 0 Å². The third kappa shape index (κ3) is 2.99. The summed E-state index contributed by atoms with van der Waals surface area (Å²) in [6.45, 7) is 2.76. The Balaban J connectivity index is 1.84. The molecule has 0 aliphatic heterocycles. The van der Waals surface area contributed by atoms with E-state index in [4.69, 9.17) is 0 Å². The predicted octanol–water partition coefficient (Wildman–Crippen LogP) is 2.02. The van der Waals surface area contributed by atoms with E-state index in [0.717, 1.165) is 12.0 Å². The first-order valence-electron chi connectivity index (χ1n) is 6.12. The minimum atomic E-state index is 0.203. The Morgan fingerprint density at radius 2 is 1.94 bits per heavy atom. The van der Waals surface area contributed by atoms with Crippen molar-refractivity contribution in [1.82, 2.24) is 5.32 Å². The van der Waals surface area contributed by atoms with Crippen LogP contribution in [0.2, 0.25) is 0 Å². The largest absolute Gasteiger partial charge is 0.378 e. The fraction of sp³-hybridized carbons (Fsp3) is 0.500. The van der Waals surface area contributed by atoms with Gasteiger partial charge in [-0.25, -0.2) is 0 Å². The van der Waals surface area contributed by atoms with Crippen LogP contribution < -0.4 is 10.2 Å². The van der Waals surface area contributed by atoms with Crippen molar-refractivity contribution >= 4 is 11.6 Å². The highest BCUT2D eigenvalue weighted by molar-refractivity contribution is 5.81. The van der Waals surface area contributed by atoms with Crippen molar-refractivity contribution in [3.8, 4) is 0 Å². The second-order valence-corrected chi connectivity index (χ2v) is 5.10. The SMILES string of the molecule is CC1CC1C(=O)NCc1ccc(N(C)C)cc1. The standard InChI is InChI=1S/C14H20N2O/c1-10-8-13(10)14(17)15-9-11-4-6-12(7-5-11)16(2)3/h4-7,10,13H,8-9H2,1-3H3,(H,15,17). The second-order valence-electron chi connectivity index (χ2n) is 5.10. The molecule has 0 radical (unpaired) electrons. The number of carbonyl (C=O) groups is 1. The van der Waals surface area contributed by atoms with Crippen molar-refractivity contribution in [3.63, 3.8) is 0 Å². The van der Waals surface area contributed by atoms with Crippen LogP contribution in [0, 0.1) is 11.8 Å². The molecule has 1 amide bonds. The number of hydrogen-bond acceptors (Lipinski definition) is 2. The van der Waals surface area contributed by atoms with E-state index in [-0.39, 0.29) is 11.8 Å². The summed E-state index contributed by atoms with van der Waals surface area (Å²) in [6.07, 6.45) is 1.05. The average Bonchev–Trinajstić information content (AvgIpc) is 3.04. The van der Waals surface area contributed by atoms with Crippen LogP contribution in [-0.2, 0) is 11.3 Å². The van der Waals surface area contributed by atoms with Crippen molar-refractivity contribution in [3.05, 3.63) is 29.8 Å². The molecule has 1 aliphatic carbocycles. The lowest BCUT2D eigenvalue weighted by molar-refractivity contribution is -0.122. The zero-order valence-corrected chi connectivity index (χ0v) is 10.7. The molecule has 2 atom stereocenters. The van der Waals surface area contributed by atoms with Crippen molar-refractivity contribution in [2.45, 2.75) is 19.9 Å². The fourth-order valence-corrected chi connectivity index (χ4v) is 1.92. The highest BCUT2D eigenvalue weighted by Gasteiger charge is 2.38. The van der Waals surface area contributed by atoms with Crippen LogP contribution in [0.25, 0.3) is 0 Å². The first kappa shape index (κ1) is 12.0. The molecule has 0 saturated heterocycles. The van der Waals surface area contributed by atoms with Gasteiger partial charge in [0.15, 0.2) is 0 Å². The maximum absolute atomic E-state index is 11.6. The molecule has 0 aromatic heterocycles. The molecule has 2 unspecified atom stereocenters. The molecule has 0 bridgehead atoms. The lowest BCUT2D eigenvalue weighted by Crippen LogP contribution is -2.24. The van der Waals surface area contributed by atoms with Gasteiger partial charge >= 0.3 is 0 Å². The first-order chi connectivity index (χ1) is 8.08. The van der Waals surface area contributed by atoms with E-state index in [1.54, 1.807) is 0 Å². The molecule has 1 saturated carbocycles. The van der Waals surface area contributed by atoms with Gasteiger partial charge in [0.25, 0.3) is 0 Å². The van der Waals surface area contributed by atoms with Gasteiger partial charge in [-0.15, -0.1) is 0 Å². The third-order valence-electron chi connectivity index (χ3n) is 3.37. The van der Waals surface area contributed by atoms with E-state index in [1.165, 1.54) is 5.69 Å². The number of amides is 1. The van der Waals surface area contributed by atoms with Gasteiger partial charge < -0.3 is 10.2 Å². The summed E-state index contributed by atoms with van der Waals surface area (Å²) in [5, 5.41) is 2.99. The van der Waals surface area contributed by atoms with E-state index in [9.17, 15) is 4.79 Å². The highest BCUT2D eigenvalue weighted by Crippen LogP contribution is 2.37. The molecule has 17 heavy (non-hydrogen) atoms. The van der Waals surface area contributed by atoms with Crippen LogP contribution in [0.15, 0.2) is 24.3 Å². The van der Waals surface area contributed by atoms with Gasteiger partial charge in [0.05, 0.1) is 0 Å². The van der Waals surface area contributed by atoms with Crippen molar-refractivity contribution in [2.75, 3.05) is 19.0 Å². The summed E-state index contributed by atoms with van der Waals surface area (Å²) in [6, 6.07) is 8.26. The number of nitrogens with one attached hydrogen (secondary N) is 1. The van der Waals surface area contributed by atoms with Gasteiger partial charge in [0.2, 0.25) is 5.91 Å². The second kappa shape index (κ2) is 4.78. The number of hydrogen-bond donors (Lipinski definition) is 1. The normalized spacial score (nSPS) is 22.1. The molecule has 2 rings (SSSR count). The number of nitrogens with zero attached hydrogens (tertiary/aromatic N) is 1. The van der Waals surface area contributed by atoms with Crippen LogP contribution in [0.3, 0.4) is 0 Å². The fourth-order valence-electron chi connectivity index (χ4n) is 1.92. The van der Waals surface area contributed by atoms with Crippen LogP contribution in [0.5, 0.6) is 0 Å². The zero-order chi connectivity index (χ0) is 12.4. The Hall–Kier alpha value is -1.51. The van der Waals surface area contributed by atoms with E-state index >= 15 is 0 Å². The van der Waals surface area contributed by atoms with Gasteiger partial charge in [-0.3, -0.25) is 4.79 Å². The molecular weight excluding hydrogens is 212 g/mol. The summed E-state index contributed by atoms with van der Waals surface area (Å²) < 4.78 is 0. The monoisotopic (exact) mass is 232 g/mol. The molecule has 0 spiro atoms. The molecule has 1 aromatic rings. The number of rotatable bonds is 4. The minimum absolute atomic E-state index is 0.203. The summed E-state index contributed by atoms with van der Waals surface area (Å²) in [5.74, 6) is 1.04. The predicted molar refractivity (Wildman–Crippen MR) is 69.9 cm³/mol. The van der Waals surface area contributed by atoms with Crippen molar-refractivity contribution < 1.29 is 4.79 Å². The number of benzene rings is 1. The van der Waals surface area contributed by atoms with E-state index in [0.29, 0.717) is 12.5 Å². The number of carbonyl (C=O) groups excluding carboxylic acids is 1. The van der Waals surface area contributed by atoms with Crippen LogP contribution in [0.4, 0.5) is 5.69 Å². The Kier molecular flexibility index (Phi) is 3.36. The quantitative estimate of drug-likeness (QED) is 0.861. The van der Waals surface area contributed by atoms with E-state index in [1.807, 2.05) is 14.1 Å². The van der Waals surface area contributed by atoms with Crippen LogP contribution in [0.1, 0.15) is 18.9 Å². The Morgan fingerprint density at radius 1 is 1.35 bits per heavy atom. The van der Waals surface area contributed by atoms with Gasteiger partial charge in [0.1, 0.15) is 0 Å². The molecule has 3 heteroatoms. The molecule has 1 N–H and O–H groups in total. The maximum Gasteiger partial charge on any atom is 0.223 e.